The molecule has 2 aromatic rings. The molecular weight excluding hydrogens is 235 g/mol. The van der Waals surface area contributed by atoms with Crippen LogP contribution in [0.1, 0.15) is 27.6 Å². The molecule has 0 aromatic heterocycles. The van der Waals surface area contributed by atoms with Crippen molar-refractivity contribution in [3.63, 3.8) is 0 Å². The van der Waals surface area contributed by atoms with Gasteiger partial charge in [0.15, 0.2) is 0 Å². The van der Waals surface area contributed by atoms with Gasteiger partial charge in [-0.1, -0.05) is 35.9 Å². The number of aryl methyl sites for hydroxylation is 2. The first-order chi connectivity index (χ1) is 8.08. The Bertz CT molecular complexity index is 517. The molecule has 0 fully saturated rings. The van der Waals surface area contributed by atoms with E-state index >= 15 is 0 Å². The number of hydrogen-bond donors (Lipinski definition) is 0. The van der Waals surface area contributed by atoms with Gasteiger partial charge in [-0.25, -0.2) is 4.39 Å². The van der Waals surface area contributed by atoms with Crippen molar-refractivity contribution < 1.29 is 4.39 Å². The van der Waals surface area contributed by atoms with Gasteiger partial charge >= 0.3 is 0 Å². The highest BCUT2D eigenvalue weighted by Gasteiger charge is 2.12. The van der Waals surface area contributed by atoms with E-state index in [9.17, 15) is 4.39 Å². The quantitative estimate of drug-likeness (QED) is 0.672. The van der Waals surface area contributed by atoms with Crippen LogP contribution in [-0.4, -0.2) is 0 Å². The maximum Gasteiger partial charge on any atom is 0.123 e. The molecule has 88 valence electrons. The molecule has 0 nitrogen and oxygen atoms in total. The molecule has 0 heterocycles. The molecule has 0 N–H and O–H groups in total. The van der Waals surface area contributed by atoms with Crippen molar-refractivity contribution in [1.82, 2.24) is 0 Å². The van der Waals surface area contributed by atoms with Gasteiger partial charge in [0.05, 0.1) is 5.38 Å². The Kier molecular flexibility index (Phi) is 3.49. The standard InChI is InChI=1S/C15H14ClF/c1-10-3-8-14(11(2)9-10)15(16)12-4-6-13(17)7-5-12/h3-9,15H,1-2H3. The molecule has 0 saturated heterocycles. The first-order valence-electron chi connectivity index (χ1n) is 5.54. The molecule has 0 amide bonds. The van der Waals surface area contributed by atoms with E-state index in [0.29, 0.717) is 0 Å². The largest absolute Gasteiger partial charge is 0.207 e. The van der Waals surface area contributed by atoms with Crippen molar-refractivity contribution in [1.29, 1.82) is 0 Å². The fourth-order valence-corrected chi connectivity index (χ4v) is 2.31. The first-order valence-corrected chi connectivity index (χ1v) is 5.98. The summed E-state index contributed by atoms with van der Waals surface area (Å²) in [5.41, 5.74) is 4.37. The molecule has 0 radical (unpaired) electrons. The fourth-order valence-electron chi connectivity index (χ4n) is 1.92. The molecule has 2 rings (SSSR count). The highest BCUT2D eigenvalue weighted by Crippen LogP contribution is 2.31. The SMILES string of the molecule is Cc1ccc(C(Cl)c2ccc(F)cc2)c(C)c1. The highest BCUT2D eigenvalue weighted by atomic mass is 35.5. The van der Waals surface area contributed by atoms with E-state index in [1.54, 1.807) is 12.1 Å². The third-order valence-corrected chi connectivity index (χ3v) is 3.35. The molecule has 0 spiro atoms. The third-order valence-electron chi connectivity index (χ3n) is 2.86. The lowest BCUT2D eigenvalue weighted by molar-refractivity contribution is 0.627. The number of halogens is 2. The Hall–Kier alpha value is -1.34. The summed E-state index contributed by atoms with van der Waals surface area (Å²) in [6.07, 6.45) is 0. The molecule has 1 unspecified atom stereocenters. The van der Waals surface area contributed by atoms with Crippen LogP contribution in [0.4, 0.5) is 4.39 Å². The zero-order valence-electron chi connectivity index (χ0n) is 9.87. The van der Waals surface area contributed by atoms with E-state index in [2.05, 4.69) is 13.0 Å². The van der Waals surface area contributed by atoms with E-state index in [-0.39, 0.29) is 11.2 Å². The van der Waals surface area contributed by atoms with Crippen LogP contribution in [0.3, 0.4) is 0 Å². The predicted molar refractivity (Wildman–Crippen MR) is 70.0 cm³/mol. The summed E-state index contributed by atoms with van der Waals surface area (Å²) in [7, 11) is 0. The lowest BCUT2D eigenvalue weighted by Crippen LogP contribution is -1.96. The van der Waals surface area contributed by atoms with Crippen LogP contribution in [0.5, 0.6) is 0 Å². The number of rotatable bonds is 2. The van der Waals surface area contributed by atoms with Crippen LogP contribution in [0, 0.1) is 19.7 Å². The van der Waals surface area contributed by atoms with E-state index < -0.39 is 0 Å². The van der Waals surface area contributed by atoms with Crippen LogP contribution in [0.25, 0.3) is 0 Å². The smallest absolute Gasteiger partial charge is 0.123 e. The second kappa shape index (κ2) is 4.89. The summed E-state index contributed by atoms with van der Waals surface area (Å²) in [5, 5.41) is -0.226. The summed E-state index contributed by atoms with van der Waals surface area (Å²) < 4.78 is 12.8. The molecule has 0 aliphatic carbocycles. The van der Waals surface area contributed by atoms with E-state index in [1.807, 2.05) is 19.1 Å². The zero-order chi connectivity index (χ0) is 12.4. The van der Waals surface area contributed by atoms with Gasteiger partial charge in [0.2, 0.25) is 0 Å². The molecule has 2 heteroatoms. The van der Waals surface area contributed by atoms with Gasteiger partial charge in [0, 0.05) is 0 Å². The van der Waals surface area contributed by atoms with Crippen LogP contribution >= 0.6 is 11.6 Å². The molecule has 17 heavy (non-hydrogen) atoms. The van der Waals surface area contributed by atoms with Gasteiger partial charge in [-0.3, -0.25) is 0 Å². The molecule has 2 aromatic carbocycles. The maximum absolute atomic E-state index is 12.8. The normalized spacial score (nSPS) is 12.5. The van der Waals surface area contributed by atoms with Crippen molar-refractivity contribution >= 4 is 11.6 Å². The summed E-state index contributed by atoms with van der Waals surface area (Å²) in [4.78, 5) is 0. The lowest BCUT2D eigenvalue weighted by Gasteiger charge is -2.13. The van der Waals surface area contributed by atoms with Crippen molar-refractivity contribution in [3.8, 4) is 0 Å². The summed E-state index contributed by atoms with van der Waals surface area (Å²) in [6, 6.07) is 12.5. The van der Waals surface area contributed by atoms with Gasteiger partial charge < -0.3 is 0 Å². The maximum atomic E-state index is 12.8. The van der Waals surface area contributed by atoms with Crippen molar-refractivity contribution in [2.75, 3.05) is 0 Å². The Balaban J connectivity index is 2.36. The summed E-state index contributed by atoms with van der Waals surface area (Å²) >= 11 is 6.42. The molecule has 1 atom stereocenters. The first kappa shape index (κ1) is 12.1. The minimum atomic E-state index is -0.238. The van der Waals surface area contributed by atoms with Crippen LogP contribution in [0.15, 0.2) is 42.5 Å². The number of benzene rings is 2. The van der Waals surface area contributed by atoms with Crippen LogP contribution < -0.4 is 0 Å². The Morgan fingerprint density at radius 3 is 2.24 bits per heavy atom. The van der Waals surface area contributed by atoms with Crippen molar-refractivity contribution in [3.05, 3.63) is 70.5 Å². The minimum absolute atomic E-state index is 0.226. The van der Waals surface area contributed by atoms with Gasteiger partial charge in [-0.2, -0.15) is 0 Å². The predicted octanol–water partition coefficient (Wildman–Crippen LogP) is 4.77. The highest BCUT2D eigenvalue weighted by molar-refractivity contribution is 6.22. The van der Waals surface area contributed by atoms with E-state index in [0.717, 1.165) is 16.7 Å². The van der Waals surface area contributed by atoms with E-state index in [1.165, 1.54) is 17.7 Å². The summed E-state index contributed by atoms with van der Waals surface area (Å²) in [6.45, 7) is 4.10. The monoisotopic (exact) mass is 248 g/mol. The van der Waals surface area contributed by atoms with Crippen molar-refractivity contribution in [2.24, 2.45) is 0 Å². The molecule has 0 bridgehead atoms. The molecule has 0 aliphatic rings. The minimum Gasteiger partial charge on any atom is -0.207 e. The number of hydrogen-bond acceptors (Lipinski definition) is 0. The Morgan fingerprint density at radius 1 is 1.00 bits per heavy atom. The average Bonchev–Trinajstić information content (AvgIpc) is 2.29. The number of alkyl halides is 1. The van der Waals surface area contributed by atoms with Gasteiger partial charge in [-0.15, -0.1) is 11.6 Å². The molecule has 0 saturated carbocycles. The Labute approximate surface area is 106 Å². The van der Waals surface area contributed by atoms with Crippen LogP contribution in [-0.2, 0) is 0 Å². The molecular formula is C15H14ClF. The zero-order valence-corrected chi connectivity index (χ0v) is 10.6. The fraction of sp³-hybridized carbons (Fsp3) is 0.200. The molecule has 0 aliphatic heterocycles. The van der Waals surface area contributed by atoms with Gasteiger partial charge in [0.25, 0.3) is 0 Å². The van der Waals surface area contributed by atoms with E-state index in [4.69, 9.17) is 11.6 Å². The van der Waals surface area contributed by atoms with Gasteiger partial charge in [0.1, 0.15) is 5.82 Å². The summed E-state index contributed by atoms with van der Waals surface area (Å²) in [5.74, 6) is -0.238. The second-order valence-electron chi connectivity index (χ2n) is 4.27. The van der Waals surface area contributed by atoms with Crippen LogP contribution in [0.2, 0.25) is 0 Å². The Morgan fingerprint density at radius 2 is 1.65 bits per heavy atom. The average molecular weight is 249 g/mol. The third kappa shape index (κ3) is 2.67. The second-order valence-corrected chi connectivity index (χ2v) is 4.71. The topological polar surface area (TPSA) is 0 Å². The van der Waals surface area contributed by atoms with Crippen molar-refractivity contribution in [2.45, 2.75) is 19.2 Å². The van der Waals surface area contributed by atoms with Gasteiger partial charge in [-0.05, 0) is 42.7 Å². The lowest BCUT2D eigenvalue weighted by atomic mass is 9.98.